The van der Waals surface area contributed by atoms with Gasteiger partial charge < -0.3 is 20.3 Å². The molecule has 0 unspecified atom stereocenters. The molecule has 3 rings (SSSR count). The fraction of sp³-hybridized carbons (Fsp3) is 0.227. The minimum absolute atomic E-state index is 0.148. The van der Waals surface area contributed by atoms with Crippen molar-refractivity contribution in [2.24, 2.45) is 7.05 Å². The zero-order valence-corrected chi connectivity index (χ0v) is 17.7. The third-order valence-corrected chi connectivity index (χ3v) is 4.68. The van der Waals surface area contributed by atoms with Gasteiger partial charge in [0.15, 0.2) is 5.13 Å². The fourth-order valence-electron chi connectivity index (χ4n) is 2.51. The van der Waals surface area contributed by atoms with Crippen molar-refractivity contribution in [3.8, 4) is 23.1 Å². The summed E-state index contributed by atoms with van der Waals surface area (Å²) in [4.78, 5) is 28.6. The molecular weight excluding hydrogens is 400 g/mol. The van der Waals surface area contributed by atoms with E-state index in [0.717, 1.165) is 11.1 Å². The number of aliphatic hydroxyl groups is 1. The summed E-state index contributed by atoms with van der Waals surface area (Å²) >= 11 is 1.30. The number of rotatable bonds is 5. The van der Waals surface area contributed by atoms with Gasteiger partial charge in [-0.2, -0.15) is 0 Å². The van der Waals surface area contributed by atoms with E-state index in [4.69, 9.17) is 0 Å². The van der Waals surface area contributed by atoms with Crippen molar-refractivity contribution >= 4 is 28.3 Å². The molecule has 154 valence electrons. The summed E-state index contributed by atoms with van der Waals surface area (Å²) in [6.45, 7) is 3.10. The number of anilines is 1. The number of nitrogens with one attached hydrogen (secondary N) is 2. The lowest BCUT2D eigenvalue weighted by Gasteiger charge is -2.06. The van der Waals surface area contributed by atoms with E-state index in [1.54, 1.807) is 36.9 Å². The summed E-state index contributed by atoms with van der Waals surface area (Å²) in [5, 5.41) is 17.3. The van der Waals surface area contributed by atoms with Gasteiger partial charge >= 0.3 is 0 Å². The first-order chi connectivity index (χ1) is 14.2. The van der Waals surface area contributed by atoms with Crippen molar-refractivity contribution < 1.29 is 14.7 Å². The molecule has 0 aliphatic carbocycles. The lowest BCUT2D eigenvalue weighted by Crippen LogP contribution is -2.32. The van der Waals surface area contributed by atoms with Gasteiger partial charge in [0.1, 0.15) is 5.60 Å². The average Bonchev–Trinajstić information content (AvgIpc) is 3.33. The number of nitrogens with zero attached hydrogens (tertiary/aromatic N) is 2. The third kappa shape index (κ3) is 6.04. The number of carbonyl (C=O) groups is 2. The first kappa shape index (κ1) is 21.3. The first-order valence-corrected chi connectivity index (χ1v) is 10.1. The standard InChI is InChI=1S/C22H22N4O3S/c1-22(2,29)9-7-15-5-4-6-16(11-15)18-14-30-21(24-18)25-19(27)12-23-20(28)17-8-10-26(3)13-17/h4-6,8,10-11,13-14,29H,12H2,1-3H3,(H,23,28)(H,24,25,27). The number of carbonyl (C=O) groups excluding carboxylic acids is 2. The number of amides is 2. The SMILES string of the molecule is Cn1ccc(C(=O)NCC(=O)Nc2nc(-c3cccc(C#CC(C)(C)O)c3)cs2)c1. The quantitative estimate of drug-likeness (QED) is 0.551. The predicted octanol–water partition coefficient (Wildman–Crippen LogP) is 2.64. The normalized spacial score (nSPS) is 10.8. The predicted molar refractivity (Wildman–Crippen MR) is 117 cm³/mol. The van der Waals surface area contributed by atoms with Crippen molar-refractivity contribution in [3.05, 3.63) is 59.2 Å². The minimum atomic E-state index is -1.07. The van der Waals surface area contributed by atoms with E-state index in [1.165, 1.54) is 11.3 Å². The van der Waals surface area contributed by atoms with E-state index in [0.29, 0.717) is 16.4 Å². The Hall–Kier alpha value is -3.41. The molecule has 3 N–H and O–H groups in total. The molecule has 2 heterocycles. The fourth-order valence-corrected chi connectivity index (χ4v) is 3.24. The maximum absolute atomic E-state index is 12.1. The van der Waals surface area contributed by atoms with E-state index < -0.39 is 5.60 Å². The molecule has 7 nitrogen and oxygen atoms in total. The molecular formula is C22H22N4O3S. The van der Waals surface area contributed by atoms with Crippen molar-refractivity contribution in [2.75, 3.05) is 11.9 Å². The summed E-state index contributed by atoms with van der Waals surface area (Å²) in [5.41, 5.74) is 1.75. The molecule has 1 aromatic carbocycles. The molecule has 0 aliphatic rings. The van der Waals surface area contributed by atoms with Gasteiger partial charge in [0, 0.05) is 35.9 Å². The summed E-state index contributed by atoms with van der Waals surface area (Å²) in [5.74, 6) is 5.05. The van der Waals surface area contributed by atoms with E-state index in [2.05, 4.69) is 27.5 Å². The van der Waals surface area contributed by atoms with Crippen LogP contribution in [0.25, 0.3) is 11.3 Å². The number of thiazole rings is 1. The lowest BCUT2D eigenvalue weighted by molar-refractivity contribution is -0.115. The average molecular weight is 423 g/mol. The molecule has 0 fully saturated rings. The molecule has 2 aromatic heterocycles. The van der Waals surface area contributed by atoms with Crippen molar-refractivity contribution in [1.82, 2.24) is 14.9 Å². The lowest BCUT2D eigenvalue weighted by atomic mass is 10.1. The molecule has 0 saturated carbocycles. The maximum Gasteiger partial charge on any atom is 0.253 e. The summed E-state index contributed by atoms with van der Waals surface area (Å²) in [7, 11) is 1.82. The van der Waals surface area contributed by atoms with Gasteiger partial charge in [-0.1, -0.05) is 24.0 Å². The van der Waals surface area contributed by atoms with Crippen LogP contribution in [0.5, 0.6) is 0 Å². The van der Waals surface area contributed by atoms with Gasteiger partial charge in [-0.25, -0.2) is 4.98 Å². The Morgan fingerprint density at radius 1 is 1.30 bits per heavy atom. The van der Waals surface area contributed by atoms with Crippen LogP contribution in [0.4, 0.5) is 5.13 Å². The highest BCUT2D eigenvalue weighted by Gasteiger charge is 2.12. The topological polar surface area (TPSA) is 96.3 Å². The second-order valence-electron chi connectivity index (χ2n) is 7.22. The number of hydrogen-bond acceptors (Lipinski definition) is 5. The third-order valence-electron chi connectivity index (χ3n) is 3.93. The monoisotopic (exact) mass is 422 g/mol. The Morgan fingerprint density at radius 2 is 2.10 bits per heavy atom. The number of hydrogen-bond donors (Lipinski definition) is 3. The van der Waals surface area contributed by atoms with Gasteiger partial charge in [0.25, 0.3) is 5.91 Å². The van der Waals surface area contributed by atoms with Crippen molar-refractivity contribution in [3.63, 3.8) is 0 Å². The second kappa shape index (κ2) is 8.95. The van der Waals surface area contributed by atoms with E-state index in [1.807, 2.05) is 36.7 Å². The Balaban J connectivity index is 1.60. The zero-order valence-electron chi connectivity index (χ0n) is 16.9. The molecule has 0 spiro atoms. The van der Waals surface area contributed by atoms with Gasteiger partial charge in [-0.3, -0.25) is 9.59 Å². The van der Waals surface area contributed by atoms with Gasteiger partial charge in [0.05, 0.1) is 17.8 Å². The molecule has 0 atom stereocenters. The van der Waals surface area contributed by atoms with Crippen LogP contribution in [-0.4, -0.2) is 38.6 Å². The Labute approximate surface area is 178 Å². The van der Waals surface area contributed by atoms with Crippen molar-refractivity contribution in [1.29, 1.82) is 0 Å². The number of aromatic nitrogens is 2. The van der Waals surface area contributed by atoms with Gasteiger partial charge in [-0.15, -0.1) is 11.3 Å². The van der Waals surface area contributed by atoms with Crippen molar-refractivity contribution in [2.45, 2.75) is 19.4 Å². The molecule has 3 aromatic rings. The smallest absolute Gasteiger partial charge is 0.253 e. The maximum atomic E-state index is 12.1. The molecule has 0 bridgehead atoms. The Bertz CT molecular complexity index is 1130. The highest BCUT2D eigenvalue weighted by molar-refractivity contribution is 7.14. The van der Waals surface area contributed by atoms with Crippen LogP contribution < -0.4 is 10.6 Å². The zero-order chi connectivity index (χ0) is 21.7. The summed E-state index contributed by atoms with van der Waals surface area (Å²) in [6, 6.07) is 9.17. The van der Waals surface area contributed by atoms with Crippen LogP contribution in [0.1, 0.15) is 29.8 Å². The molecule has 30 heavy (non-hydrogen) atoms. The van der Waals surface area contributed by atoms with Crippen LogP contribution in [0.15, 0.2) is 48.1 Å². The highest BCUT2D eigenvalue weighted by Crippen LogP contribution is 2.25. The number of aryl methyl sites for hydroxylation is 1. The molecule has 0 aliphatic heterocycles. The van der Waals surface area contributed by atoms with Crippen LogP contribution >= 0.6 is 11.3 Å². The molecule has 2 amide bonds. The van der Waals surface area contributed by atoms with Crippen LogP contribution in [0.2, 0.25) is 0 Å². The molecule has 0 saturated heterocycles. The number of benzene rings is 1. The van der Waals surface area contributed by atoms with Gasteiger partial charge in [-0.05, 0) is 32.0 Å². The molecule has 8 heteroatoms. The van der Waals surface area contributed by atoms with E-state index in [-0.39, 0.29) is 18.4 Å². The Kier molecular flexibility index (Phi) is 6.35. The van der Waals surface area contributed by atoms with E-state index >= 15 is 0 Å². The second-order valence-corrected chi connectivity index (χ2v) is 8.08. The first-order valence-electron chi connectivity index (χ1n) is 9.21. The van der Waals surface area contributed by atoms with Gasteiger partial charge in [0.2, 0.25) is 5.91 Å². The van der Waals surface area contributed by atoms with E-state index in [9.17, 15) is 14.7 Å². The molecule has 0 radical (unpaired) electrons. The van der Waals surface area contributed by atoms with Crippen LogP contribution in [-0.2, 0) is 11.8 Å². The Morgan fingerprint density at radius 3 is 2.80 bits per heavy atom. The summed E-state index contributed by atoms with van der Waals surface area (Å²) < 4.78 is 1.76. The van der Waals surface area contributed by atoms with Crippen LogP contribution in [0, 0.1) is 11.8 Å². The minimum Gasteiger partial charge on any atom is -0.378 e. The summed E-state index contributed by atoms with van der Waals surface area (Å²) in [6.07, 6.45) is 3.44. The highest BCUT2D eigenvalue weighted by atomic mass is 32.1. The largest absolute Gasteiger partial charge is 0.378 e. The van der Waals surface area contributed by atoms with Crippen LogP contribution in [0.3, 0.4) is 0 Å².